The molecule has 0 saturated carbocycles. The maximum atomic E-state index is 10.3. The van der Waals surface area contributed by atoms with E-state index in [1.807, 2.05) is 0 Å². The van der Waals surface area contributed by atoms with Crippen LogP contribution < -0.4 is 5.32 Å². The van der Waals surface area contributed by atoms with Crippen molar-refractivity contribution in [1.29, 1.82) is 0 Å². The molecule has 0 aromatic heterocycles. The molecule has 4 heteroatoms. The summed E-state index contributed by atoms with van der Waals surface area (Å²) in [7, 11) is 0. The maximum absolute atomic E-state index is 10.3. The lowest BCUT2D eigenvalue weighted by Gasteiger charge is -1.87. The lowest BCUT2D eigenvalue weighted by Crippen LogP contribution is -2.18. The third-order valence-corrected chi connectivity index (χ3v) is 0.960. The van der Waals surface area contributed by atoms with Gasteiger partial charge >= 0.3 is 11.8 Å². The number of nitrogens with zero attached hydrogens (tertiary/aromatic N) is 1. The minimum atomic E-state index is -0.537. The largest absolute Gasteiger partial charge is 0.437 e. The Morgan fingerprint density at radius 3 is 1.75 bits per heavy atom. The predicted molar refractivity (Wildman–Crippen MR) is 20.3 cm³/mol. The van der Waals surface area contributed by atoms with Crippen LogP contribution in [-0.2, 0) is 14.3 Å². The molecule has 0 N–H and O–H groups in total. The van der Waals surface area contributed by atoms with Crippen LogP contribution in [-0.4, -0.2) is 11.8 Å². The van der Waals surface area contributed by atoms with E-state index in [2.05, 4.69) is 10.1 Å². The Kier molecular flexibility index (Phi) is 0.353. The van der Waals surface area contributed by atoms with Crippen LogP contribution >= 0.6 is 0 Å². The standard InChI is InChI=1S/C4NO3/c6-3-1-2(8-1)4(7)5-3. The number of amides is 2. The zero-order chi connectivity index (χ0) is 5.72. The Bertz CT molecular complexity index is 205. The first-order valence-electron chi connectivity index (χ1n) is 2.01. The molecule has 1 radical (unpaired) electrons. The van der Waals surface area contributed by atoms with E-state index in [-0.39, 0.29) is 11.5 Å². The van der Waals surface area contributed by atoms with Crippen LogP contribution in [0.15, 0.2) is 11.5 Å². The van der Waals surface area contributed by atoms with Crippen LogP contribution in [0.2, 0.25) is 0 Å². The van der Waals surface area contributed by atoms with Crippen LogP contribution in [0.5, 0.6) is 0 Å². The van der Waals surface area contributed by atoms with Gasteiger partial charge in [0.25, 0.3) is 0 Å². The highest BCUT2D eigenvalue weighted by Crippen LogP contribution is 2.31. The minimum absolute atomic E-state index is 0.134. The van der Waals surface area contributed by atoms with E-state index in [9.17, 15) is 9.59 Å². The molecule has 39 valence electrons. The molecule has 0 bridgehead atoms. The molecule has 0 saturated heterocycles. The monoisotopic (exact) mass is 110 g/mol. The lowest BCUT2D eigenvalue weighted by molar-refractivity contribution is -0.128. The summed E-state index contributed by atoms with van der Waals surface area (Å²) in [6, 6.07) is 0. The van der Waals surface area contributed by atoms with Crippen LogP contribution in [0.4, 0.5) is 0 Å². The predicted octanol–water partition coefficient (Wildman–Crippen LogP) is -1.10. The van der Waals surface area contributed by atoms with Crippen molar-refractivity contribution in [1.82, 2.24) is 5.32 Å². The molecule has 0 spiro atoms. The second-order valence-corrected chi connectivity index (χ2v) is 1.48. The van der Waals surface area contributed by atoms with Gasteiger partial charge in [-0.1, -0.05) is 0 Å². The van der Waals surface area contributed by atoms with E-state index in [1.54, 1.807) is 0 Å². The van der Waals surface area contributed by atoms with Crippen LogP contribution in [0, 0.1) is 0 Å². The average molecular weight is 110 g/mol. The van der Waals surface area contributed by atoms with Crippen molar-refractivity contribution in [2.24, 2.45) is 0 Å². The molecular formula is C4NO3. The van der Waals surface area contributed by atoms with Crippen LogP contribution in [0.3, 0.4) is 0 Å². The fraction of sp³-hybridized carbons (Fsp3) is 0. The number of rotatable bonds is 0. The molecule has 0 fully saturated rings. The summed E-state index contributed by atoms with van der Waals surface area (Å²) in [5.74, 6) is -0.806. The highest BCUT2D eigenvalue weighted by atomic mass is 16.6. The first-order valence-corrected chi connectivity index (χ1v) is 2.01. The van der Waals surface area contributed by atoms with E-state index in [1.165, 1.54) is 0 Å². The Balaban J connectivity index is 2.48. The van der Waals surface area contributed by atoms with Crippen molar-refractivity contribution in [3.05, 3.63) is 11.5 Å². The second-order valence-electron chi connectivity index (χ2n) is 1.48. The third kappa shape index (κ3) is 0.228. The minimum Gasteiger partial charge on any atom is -0.437 e. The number of ether oxygens (including phenoxy) is 1. The van der Waals surface area contributed by atoms with Crippen molar-refractivity contribution in [2.75, 3.05) is 0 Å². The van der Waals surface area contributed by atoms with Crippen molar-refractivity contribution < 1.29 is 14.3 Å². The Hall–Kier alpha value is -1.32. The van der Waals surface area contributed by atoms with Crippen LogP contribution in [0.25, 0.3) is 0 Å². The first-order chi connectivity index (χ1) is 3.79. The van der Waals surface area contributed by atoms with Gasteiger partial charge in [0.15, 0.2) is 0 Å². The van der Waals surface area contributed by atoms with Gasteiger partial charge in [0.2, 0.25) is 11.5 Å². The van der Waals surface area contributed by atoms with Gasteiger partial charge in [-0.15, -0.1) is 0 Å². The zero-order valence-corrected chi connectivity index (χ0v) is 3.67. The highest BCUT2D eigenvalue weighted by molar-refractivity contribution is 6.21. The van der Waals surface area contributed by atoms with E-state index >= 15 is 0 Å². The molecule has 0 aromatic carbocycles. The van der Waals surface area contributed by atoms with Gasteiger partial charge in [0.1, 0.15) is 0 Å². The number of hydrogen-bond acceptors (Lipinski definition) is 3. The Morgan fingerprint density at radius 2 is 1.62 bits per heavy atom. The molecule has 0 unspecified atom stereocenters. The van der Waals surface area contributed by atoms with Gasteiger partial charge < -0.3 is 4.74 Å². The third-order valence-electron chi connectivity index (χ3n) is 0.960. The van der Waals surface area contributed by atoms with Crippen molar-refractivity contribution in [2.45, 2.75) is 0 Å². The fourth-order valence-corrected chi connectivity index (χ4v) is 0.552. The summed E-state index contributed by atoms with van der Waals surface area (Å²) in [4.78, 5) is 20.5. The summed E-state index contributed by atoms with van der Waals surface area (Å²) in [6.45, 7) is 0. The number of imide groups is 1. The van der Waals surface area contributed by atoms with E-state index in [0.29, 0.717) is 0 Å². The SMILES string of the molecule is O=C1[N]C(=O)C2=C1O2. The van der Waals surface area contributed by atoms with Gasteiger partial charge in [-0.2, -0.15) is 5.32 Å². The molecule has 0 aromatic rings. The summed E-state index contributed by atoms with van der Waals surface area (Å²) in [5.41, 5.74) is 0. The highest BCUT2D eigenvalue weighted by Gasteiger charge is 2.47. The van der Waals surface area contributed by atoms with Crippen molar-refractivity contribution >= 4 is 11.8 Å². The molecular weight excluding hydrogens is 110 g/mol. The topological polar surface area (TPSA) is 60.8 Å². The Labute approximate surface area is 44.1 Å². The van der Waals surface area contributed by atoms with Gasteiger partial charge in [0.05, 0.1) is 0 Å². The maximum Gasteiger partial charge on any atom is 0.320 e. The first kappa shape index (κ1) is 3.65. The fourth-order valence-electron chi connectivity index (χ4n) is 0.552. The molecule has 4 nitrogen and oxygen atoms in total. The zero-order valence-electron chi connectivity index (χ0n) is 3.67. The molecule has 2 amide bonds. The molecule has 8 heavy (non-hydrogen) atoms. The number of hydrogen-bond donors (Lipinski definition) is 0. The van der Waals surface area contributed by atoms with Gasteiger partial charge in [0, 0.05) is 0 Å². The molecule has 2 aliphatic rings. The molecule has 2 rings (SSSR count). The summed E-state index contributed by atoms with van der Waals surface area (Å²) in [6.07, 6.45) is 0. The molecule has 0 atom stereocenters. The smallest absolute Gasteiger partial charge is 0.320 e. The van der Waals surface area contributed by atoms with Crippen molar-refractivity contribution in [3.63, 3.8) is 0 Å². The Morgan fingerprint density at radius 1 is 1.12 bits per heavy atom. The molecule has 2 aliphatic heterocycles. The average Bonchev–Trinajstić information content (AvgIpc) is 2.35. The second kappa shape index (κ2) is 0.774. The number of carbonyl (C=O) groups excluding carboxylic acids is 2. The van der Waals surface area contributed by atoms with Gasteiger partial charge in [-0.3, -0.25) is 9.59 Å². The van der Waals surface area contributed by atoms with Crippen LogP contribution in [0.1, 0.15) is 0 Å². The van der Waals surface area contributed by atoms with Gasteiger partial charge in [-0.05, 0) is 0 Å². The van der Waals surface area contributed by atoms with E-state index in [4.69, 9.17) is 0 Å². The van der Waals surface area contributed by atoms with Crippen molar-refractivity contribution in [3.8, 4) is 0 Å². The summed E-state index contributed by atoms with van der Waals surface area (Å²) < 4.78 is 4.42. The molecule has 0 aliphatic carbocycles. The number of morpholine rings is 1. The van der Waals surface area contributed by atoms with E-state index in [0.717, 1.165) is 0 Å². The van der Waals surface area contributed by atoms with Gasteiger partial charge in [-0.25, -0.2) is 0 Å². The summed E-state index contributed by atoms with van der Waals surface area (Å²) in [5, 5.41) is 3.04. The normalized spacial score (nSPS) is 22.5. The lowest BCUT2D eigenvalue weighted by atomic mass is 10.6. The summed E-state index contributed by atoms with van der Waals surface area (Å²) >= 11 is 0. The quantitative estimate of drug-likeness (QED) is 0.372. The number of carbonyl (C=O) groups is 2. The molecule has 2 heterocycles. The van der Waals surface area contributed by atoms with E-state index < -0.39 is 11.8 Å².